The summed E-state index contributed by atoms with van der Waals surface area (Å²) in [6.07, 6.45) is 5.46. The zero-order valence-electron chi connectivity index (χ0n) is 20.2. The van der Waals surface area contributed by atoms with Crippen molar-refractivity contribution in [1.29, 1.82) is 0 Å². The Hall–Kier alpha value is -3.62. The molecular weight excluding hydrogens is 444 g/mol. The summed E-state index contributed by atoms with van der Waals surface area (Å²) in [6, 6.07) is 12.9. The van der Waals surface area contributed by atoms with Crippen molar-refractivity contribution < 1.29 is 19.3 Å². The van der Waals surface area contributed by atoms with E-state index >= 15 is 0 Å². The molecule has 0 saturated heterocycles. The van der Waals surface area contributed by atoms with Gasteiger partial charge in [-0.3, -0.25) is 0 Å². The summed E-state index contributed by atoms with van der Waals surface area (Å²) in [6.45, 7) is 8.90. The van der Waals surface area contributed by atoms with E-state index in [0.717, 1.165) is 42.2 Å². The maximum absolute atomic E-state index is 10.2. The number of ether oxygens (including phenoxy) is 3. The lowest BCUT2D eigenvalue weighted by Crippen LogP contribution is -2.28. The number of nitrogens with one attached hydrogen (secondary N) is 1. The van der Waals surface area contributed by atoms with Gasteiger partial charge in [-0.05, 0) is 61.6 Å². The molecule has 8 nitrogen and oxygen atoms in total. The first-order valence-corrected chi connectivity index (χ1v) is 11.9. The van der Waals surface area contributed by atoms with Crippen LogP contribution in [0.5, 0.6) is 17.2 Å². The summed E-state index contributed by atoms with van der Waals surface area (Å²) in [4.78, 5) is 11.3. The molecule has 8 heteroatoms. The molecule has 0 atom stereocenters. The van der Waals surface area contributed by atoms with Crippen LogP contribution in [0.1, 0.15) is 19.4 Å². The molecule has 1 aromatic heterocycles. The first-order valence-electron chi connectivity index (χ1n) is 11.9. The van der Waals surface area contributed by atoms with Gasteiger partial charge in [-0.2, -0.15) is 0 Å². The Morgan fingerprint density at radius 2 is 1.91 bits per heavy atom. The van der Waals surface area contributed by atoms with Gasteiger partial charge in [0.2, 0.25) is 5.95 Å². The molecule has 0 amide bonds. The summed E-state index contributed by atoms with van der Waals surface area (Å²) in [5.74, 6) is 1.73. The van der Waals surface area contributed by atoms with Gasteiger partial charge < -0.3 is 29.5 Å². The fourth-order valence-corrected chi connectivity index (χ4v) is 3.74. The molecular formula is C27H32N4O4. The van der Waals surface area contributed by atoms with Gasteiger partial charge in [-0.15, -0.1) is 0 Å². The van der Waals surface area contributed by atoms with E-state index in [1.165, 1.54) is 0 Å². The number of nitrogens with zero attached hydrogens (tertiary/aromatic N) is 3. The van der Waals surface area contributed by atoms with E-state index in [-0.39, 0.29) is 5.75 Å². The van der Waals surface area contributed by atoms with E-state index < -0.39 is 0 Å². The first kappa shape index (κ1) is 24.5. The van der Waals surface area contributed by atoms with Crippen molar-refractivity contribution in [2.24, 2.45) is 0 Å². The number of aromatic hydroxyl groups is 1. The zero-order chi connectivity index (χ0) is 24.5. The summed E-state index contributed by atoms with van der Waals surface area (Å²) < 4.78 is 17.7. The van der Waals surface area contributed by atoms with Gasteiger partial charge in [-0.1, -0.05) is 19.9 Å². The fourth-order valence-electron chi connectivity index (χ4n) is 3.74. The Labute approximate surface area is 206 Å². The van der Waals surface area contributed by atoms with E-state index in [0.29, 0.717) is 43.8 Å². The molecule has 0 unspecified atom stereocenters. The highest BCUT2D eigenvalue weighted by Gasteiger charge is 2.11. The van der Waals surface area contributed by atoms with E-state index in [1.807, 2.05) is 36.4 Å². The highest BCUT2D eigenvalue weighted by atomic mass is 16.5. The summed E-state index contributed by atoms with van der Waals surface area (Å²) >= 11 is 0. The summed E-state index contributed by atoms with van der Waals surface area (Å²) in [7, 11) is 0. The Kier molecular flexibility index (Phi) is 8.53. The van der Waals surface area contributed by atoms with Crippen molar-refractivity contribution in [2.45, 2.75) is 20.5 Å². The van der Waals surface area contributed by atoms with Crippen LogP contribution in [-0.4, -0.2) is 59.4 Å². The molecule has 184 valence electrons. The Bertz CT molecular complexity index is 1150. The van der Waals surface area contributed by atoms with E-state index in [1.54, 1.807) is 24.4 Å². The monoisotopic (exact) mass is 476 g/mol. The summed E-state index contributed by atoms with van der Waals surface area (Å²) in [5, 5.41) is 13.4. The van der Waals surface area contributed by atoms with Gasteiger partial charge in [0.15, 0.2) is 11.5 Å². The number of phenolic OH excluding ortho intramolecular Hbond substituents is 1. The van der Waals surface area contributed by atoms with Crippen LogP contribution in [0.3, 0.4) is 0 Å². The highest BCUT2D eigenvalue weighted by molar-refractivity contribution is 5.66. The molecule has 2 N–H and O–H groups in total. The maximum atomic E-state index is 10.2. The van der Waals surface area contributed by atoms with Crippen LogP contribution in [0.15, 0.2) is 60.8 Å². The number of rotatable bonds is 6. The van der Waals surface area contributed by atoms with Gasteiger partial charge in [-0.25, -0.2) is 9.97 Å². The second-order valence-electron chi connectivity index (χ2n) is 8.07. The second kappa shape index (κ2) is 12.2. The molecule has 0 spiro atoms. The lowest BCUT2D eigenvalue weighted by Gasteiger charge is -2.19. The predicted molar refractivity (Wildman–Crippen MR) is 136 cm³/mol. The number of benzene rings is 2. The van der Waals surface area contributed by atoms with Crippen molar-refractivity contribution >= 4 is 11.6 Å². The number of fused-ring (bicyclic) bond motifs is 7. The molecule has 2 aromatic carbocycles. The van der Waals surface area contributed by atoms with Gasteiger partial charge >= 0.3 is 0 Å². The minimum absolute atomic E-state index is 0.0771. The highest BCUT2D eigenvalue weighted by Crippen LogP contribution is 2.32. The lowest BCUT2D eigenvalue weighted by atomic mass is 10.1. The minimum Gasteiger partial charge on any atom is -0.504 e. The fraction of sp³-hybridized carbons (Fsp3) is 0.333. The quantitative estimate of drug-likeness (QED) is 0.492. The normalized spacial score (nSPS) is 14.5. The van der Waals surface area contributed by atoms with Crippen LogP contribution in [-0.2, 0) is 11.3 Å². The molecule has 2 heterocycles. The molecule has 35 heavy (non-hydrogen) atoms. The largest absolute Gasteiger partial charge is 0.504 e. The standard InChI is InChI=1S/C27H32N4O4/c1-3-31(4-2)13-16-35-25-10-8-22-17-21(25)19-33-14-5-6-15-34-26-18-20(7-9-24(26)32)23-11-12-28-27(29-22)30-23/h5-12,17-18,32H,3-4,13-16,19H2,1-2H3,(H,28,29,30)/b6-5+. The average Bonchev–Trinajstić information content (AvgIpc) is 2.88. The number of likely N-dealkylation sites (N-methyl/N-ethyl adjacent to an activating group) is 1. The Balaban J connectivity index is 1.59. The Morgan fingerprint density at radius 1 is 1.06 bits per heavy atom. The maximum Gasteiger partial charge on any atom is 0.227 e. The van der Waals surface area contributed by atoms with E-state index in [2.05, 4.69) is 34.0 Å². The molecule has 4 rings (SSSR count). The third kappa shape index (κ3) is 6.71. The number of phenols is 1. The molecule has 0 radical (unpaired) electrons. The number of hydrogen-bond donors (Lipinski definition) is 2. The van der Waals surface area contributed by atoms with Gasteiger partial charge in [0.25, 0.3) is 0 Å². The third-order valence-electron chi connectivity index (χ3n) is 5.76. The van der Waals surface area contributed by atoms with Crippen LogP contribution in [0.25, 0.3) is 11.3 Å². The molecule has 1 aliphatic heterocycles. The van der Waals surface area contributed by atoms with E-state index in [4.69, 9.17) is 14.2 Å². The predicted octanol–water partition coefficient (Wildman–Crippen LogP) is 4.78. The van der Waals surface area contributed by atoms with Crippen LogP contribution in [0.2, 0.25) is 0 Å². The van der Waals surface area contributed by atoms with Crippen molar-refractivity contribution in [3.63, 3.8) is 0 Å². The SMILES string of the molecule is CCN(CC)CCOc1ccc2cc1COC/C=C/COc1cc(ccc1O)-c1ccnc(n1)N2. The van der Waals surface area contributed by atoms with Gasteiger partial charge in [0, 0.05) is 29.6 Å². The van der Waals surface area contributed by atoms with Crippen molar-refractivity contribution in [1.82, 2.24) is 14.9 Å². The second-order valence-corrected chi connectivity index (χ2v) is 8.07. The zero-order valence-corrected chi connectivity index (χ0v) is 20.2. The first-order chi connectivity index (χ1) is 17.2. The average molecular weight is 477 g/mol. The summed E-state index contributed by atoms with van der Waals surface area (Å²) in [5.41, 5.74) is 3.31. The molecule has 3 aromatic rings. The van der Waals surface area contributed by atoms with Crippen LogP contribution < -0.4 is 14.8 Å². The van der Waals surface area contributed by atoms with Gasteiger partial charge in [0.1, 0.15) is 19.0 Å². The number of anilines is 2. The minimum atomic E-state index is 0.0771. The topological polar surface area (TPSA) is 89.0 Å². The Morgan fingerprint density at radius 3 is 2.77 bits per heavy atom. The lowest BCUT2D eigenvalue weighted by molar-refractivity contribution is 0.143. The molecule has 0 saturated carbocycles. The smallest absolute Gasteiger partial charge is 0.227 e. The third-order valence-corrected chi connectivity index (χ3v) is 5.76. The van der Waals surface area contributed by atoms with Crippen molar-refractivity contribution in [3.05, 3.63) is 66.4 Å². The van der Waals surface area contributed by atoms with Crippen molar-refractivity contribution in [3.8, 4) is 28.5 Å². The van der Waals surface area contributed by atoms with Crippen LogP contribution in [0.4, 0.5) is 11.6 Å². The number of hydrogen-bond acceptors (Lipinski definition) is 8. The van der Waals surface area contributed by atoms with E-state index in [9.17, 15) is 5.11 Å². The molecule has 0 fully saturated rings. The molecule has 6 bridgehead atoms. The van der Waals surface area contributed by atoms with Crippen LogP contribution in [0, 0.1) is 0 Å². The molecule has 0 aliphatic carbocycles. The number of aromatic nitrogens is 2. The van der Waals surface area contributed by atoms with Crippen LogP contribution >= 0.6 is 0 Å². The van der Waals surface area contributed by atoms with Gasteiger partial charge in [0.05, 0.1) is 18.9 Å². The van der Waals surface area contributed by atoms with Crippen molar-refractivity contribution in [2.75, 3.05) is 44.8 Å². The molecule has 1 aliphatic rings.